The highest BCUT2D eigenvalue weighted by molar-refractivity contribution is 6.23. The summed E-state index contributed by atoms with van der Waals surface area (Å²) in [6, 6.07) is 14.1. The molecule has 0 aliphatic carbocycles. The number of hydrogen-bond donors (Lipinski definition) is 0. The quantitative estimate of drug-likeness (QED) is 0.735. The summed E-state index contributed by atoms with van der Waals surface area (Å²) in [6.07, 6.45) is 3.71. The van der Waals surface area contributed by atoms with Gasteiger partial charge in [0.2, 0.25) is 11.8 Å². The molecule has 0 spiro atoms. The zero-order valence-corrected chi connectivity index (χ0v) is 14.1. The molecule has 0 aromatic heterocycles. The van der Waals surface area contributed by atoms with E-state index in [1.807, 2.05) is 41.4 Å². The number of halogens is 1. The van der Waals surface area contributed by atoms with Crippen molar-refractivity contribution < 1.29 is 14.0 Å². The average Bonchev–Trinajstić information content (AvgIpc) is 3.15. The number of carbonyl (C=O) groups is 2. The molecule has 6 heteroatoms. The Morgan fingerprint density at radius 3 is 2.41 bits per heavy atom. The van der Waals surface area contributed by atoms with Crippen LogP contribution in [0.3, 0.4) is 0 Å². The highest BCUT2D eigenvalue weighted by Gasteiger charge is 2.63. The summed E-state index contributed by atoms with van der Waals surface area (Å²) >= 11 is 0. The number of amides is 2. The van der Waals surface area contributed by atoms with Crippen LogP contribution in [0.1, 0.15) is 17.2 Å². The van der Waals surface area contributed by atoms with Crippen molar-refractivity contribution in [2.24, 2.45) is 11.8 Å². The lowest BCUT2D eigenvalue weighted by Gasteiger charge is -2.33. The molecule has 3 aliphatic rings. The van der Waals surface area contributed by atoms with E-state index in [4.69, 9.17) is 0 Å². The van der Waals surface area contributed by atoms with E-state index in [2.05, 4.69) is 6.07 Å². The first-order valence-corrected chi connectivity index (χ1v) is 8.69. The summed E-state index contributed by atoms with van der Waals surface area (Å²) in [6.45, 7) is 0. The van der Waals surface area contributed by atoms with Gasteiger partial charge in [0.05, 0.1) is 29.6 Å². The van der Waals surface area contributed by atoms with Gasteiger partial charge in [0.15, 0.2) is 0 Å². The summed E-state index contributed by atoms with van der Waals surface area (Å²) in [5.41, 5.74) is 2.26. The molecule has 0 bridgehead atoms. The summed E-state index contributed by atoms with van der Waals surface area (Å²) < 4.78 is 13.3. The second kappa shape index (κ2) is 5.52. The number of anilines is 1. The molecule has 0 radical (unpaired) electrons. The van der Waals surface area contributed by atoms with Gasteiger partial charge in [0.1, 0.15) is 11.9 Å². The van der Waals surface area contributed by atoms with Crippen LogP contribution in [0.25, 0.3) is 6.08 Å². The largest absolute Gasteiger partial charge is 0.353 e. The molecule has 4 unspecified atom stereocenters. The molecular weight excluding hydrogens is 345 g/mol. The maximum absolute atomic E-state index is 13.3. The van der Waals surface area contributed by atoms with Crippen LogP contribution in [0, 0.1) is 29.0 Å². The van der Waals surface area contributed by atoms with Crippen molar-refractivity contribution >= 4 is 23.6 Å². The smallest absolute Gasteiger partial charge is 0.240 e. The summed E-state index contributed by atoms with van der Waals surface area (Å²) in [5, 5.41) is 9.74. The monoisotopic (exact) mass is 359 g/mol. The first kappa shape index (κ1) is 15.8. The second-order valence-corrected chi connectivity index (χ2v) is 6.95. The van der Waals surface area contributed by atoms with Crippen LogP contribution >= 0.6 is 0 Å². The minimum Gasteiger partial charge on any atom is -0.353 e. The lowest BCUT2D eigenvalue weighted by molar-refractivity contribution is -0.123. The number of rotatable bonds is 1. The number of benzene rings is 2. The summed E-state index contributed by atoms with van der Waals surface area (Å²) in [4.78, 5) is 29.3. The van der Waals surface area contributed by atoms with Crippen LogP contribution in [-0.2, 0) is 9.59 Å². The van der Waals surface area contributed by atoms with Crippen molar-refractivity contribution in [1.29, 1.82) is 5.26 Å². The Bertz CT molecular complexity index is 1040. The Hall–Kier alpha value is -3.46. The first-order chi connectivity index (χ1) is 13.1. The van der Waals surface area contributed by atoms with E-state index in [9.17, 15) is 19.2 Å². The van der Waals surface area contributed by atoms with E-state index < -0.39 is 29.6 Å². The van der Waals surface area contributed by atoms with Crippen molar-refractivity contribution in [3.63, 3.8) is 0 Å². The Kier molecular flexibility index (Phi) is 3.22. The van der Waals surface area contributed by atoms with Gasteiger partial charge in [-0.05, 0) is 41.5 Å². The van der Waals surface area contributed by atoms with Gasteiger partial charge >= 0.3 is 0 Å². The van der Waals surface area contributed by atoms with Crippen molar-refractivity contribution in [3.8, 4) is 6.07 Å². The Morgan fingerprint density at radius 1 is 0.963 bits per heavy atom. The third-order valence-corrected chi connectivity index (χ3v) is 5.68. The molecule has 2 amide bonds. The van der Waals surface area contributed by atoms with E-state index in [-0.39, 0.29) is 11.9 Å². The number of carbonyl (C=O) groups excluding carboxylic acids is 2. The highest BCUT2D eigenvalue weighted by atomic mass is 19.1. The van der Waals surface area contributed by atoms with Crippen molar-refractivity contribution in [1.82, 2.24) is 4.90 Å². The molecule has 3 aliphatic heterocycles. The van der Waals surface area contributed by atoms with Crippen LogP contribution in [0.4, 0.5) is 10.1 Å². The second-order valence-electron chi connectivity index (χ2n) is 6.95. The SMILES string of the molecule is N#CC1C2C(=O)N(c3ccc(F)cc3)C(=O)C2C2c3ccccc3C=CN12. The molecule has 5 rings (SSSR count). The molecule has 3 heterocycles. The number of nitriles is 1. The Balaban J connectivity index is 1.63. The van der Waals surface area contributed by atoms with E-state index in [0.717, 1.165) is 16.0 Å². The molecule has 2 saturated heterocycles. The standard InChI is InChI=1S/C21H14FN3O2/c22-13-5-7-14(8-6-13)25-20(26)17-16(11-23)24-10-9-12-3-1-2-4-15(12)19(24)18(17)21(25)27/h1-10,16-19H. The maximum Gasteiger partial charge on any atom is 0.240 e. The topological polar surface area (TPSA) is 64.4 Å². The zero-order chi connectivity index (χ0) is 18.7. The Labute approximate surface area is 154 Å². The van der Waals surface area contributed by atoms with Crippen LogP contribution < -0.4 is 4.90 Å². The molecule has 132 valence electrons. The van der Waals surface area contributed by atoms with Gasteiger partial charge in [-0.25, -0.2) is 9.29 Å². The number of fused-ring (bicyclic) bond motifs is 5. The normalized spacial score (nSPS) is 28.0. The van der Waals surface area contributed by atoms with Gasteiger partial charge in [-0.1, -0.05) is 24.3 Å². The average molecular weight is 359 g/mol. The minimum absolute atomic E-state index is 0.337. The zero-order valence-electron chi connectivity index (χ0n) is 14.1. The van der Waals surface area contributed by atoms with Crippen LogP contribution in [0.2, 0.25) is 0 Å². The fourth-order valence-electron chi connectivity index (χ4n) is 4.55. The van der Waals surface area contributed by atoms with Crippen molar-refractivity contribution in [3.05, 3.63) is 71.7 Å². The van der Waals surface area contributed by atoms with E-state index in [1.165, 1.54) is 24.3 Å². The maximum atomic E-state index is 13.3. The number of hydrogen-bond acceptors (Lipinski definition) is 4. The van der Waals surface area contributed by atoms with E-state index >= 15 is 0 Å². The third-order valence-electron chi connectivity index (χ3n) is 5.68. The van der Waals surface area contributed by atoms with Gasteiger partial charge < -0.3 is 4.90 Å². The van der Waals surface area contributed by atoms with Gasteiger partial charge in [0, 0.05) is 6.20 Å². The molecule has 2 aromatic carbocycles. The molecular formula is C21H14FN3O2. The predicted molar refractivity (Wildman–Crippen MR) is 95.3 cm³/mol. The van der Waals surface area contributed by atoms with Crippen LogP contribution in [-0.4, -0.2) is 22.8 Å². The van der Waals surface area contributed by atoms with Crippen LogP contribution in [0.5, 0.6) is 0 Å². The molecule has 27 heavy (non-hydrogen) atoms. The van der Waals surface area contributed by atoms with Crippen molar-refractivity contribution in [2.75, 3.05) is 4.90 Å². The lowest BCUT2D eigenvalue weighted by atomic mass is 9.85. The lowest BCUT2D eigenvalue weighted by Crippen LogP contribution is -2.40. The molecule has 0 saturated carbocycles. The molecule has 2 aromatic rings. The van der Waals surface area contributed by atoms with Gasteiger partial charge in [-0.3, -0.25) is 9.59 Å². The summed E-state index contributed by atoms with van der Waals surface area (Å²) in [5.74, 6) is -2.56. The summed E-state index contributed by atoms with van der Waals surface area (Å²) in [7, 11) is 0. The van der Waals surface area contributed by atoms with E-state index in [1.54, 1.807) is 0 Å². The van der Waals surface area contributed by atoms with Gasteiger partial charge in [0.25, 0.3) is 0 Å². The highest BCUT2D eigenvalue weighted by Crippen LogP contribution is 2.52. The third kappa shape index (κ3) is 2.02. The molecule has 5 nitrogen and oxygen atoms in total. The molecule has 0 N–H and O–H groups in total. The Morgan fingerprint density at radius 2 is 1.67 bits per heavy atom. The van der Waals surface area contributed by atoms with Crippen molar-refractivity contribution in [2.45, 2.75) is 12.1 Å². The van der Waals surface area contributed by atoms with E-state index in [0.29, 0.717) is 5.69 Å². The molecule has 4 atom stereocenters. The fraction of sp³-hybridized carbons (Fsp3) is 0.190. The minimum atomic E-state index is -0.742. The van der Waals surface area contributed by atoms with Gasteiger partial charge in [-0.15, -0.1) is 0 Å². The van der Waals surface area contributed by atoms with Crippen LogP contribution in [0.15, 0.2) is 54.7 Å². The number of imide groups is 1. The predicted octanol–water partition coefficient (Wildman–Crippen LogP) is 2.86. The number of nitrogens with zero attached hydrogens (tertiary/aromatic N) is 3. The first-order valence-electron chi connectivity index (χ1n) is 8.69. The fourth-order valence-corrected chi connectivity index (χ4v) is 4.55. The molecule has 2 fully saturated rings. The van der Waals surface area contributed by atoms with Gasteiger partial charge in [-0.2, -0.15) is 5.26 Å².